The van der Waals surface area contributed by atoms with Gasteiger partial charge in [0, 0.05) is 12.1 Å². The molecule has 0 aromatic heterocycles. The molecule has 1 aromatic rings. The quantitative estimate of drug-likeness (QED) is 0.875. The summed E-state index contributed by atoms with van der Waals surface area (Å²) < 4.78 is 64.7. The zero-order valence-electron chi connectivity index (χ0n) is 11.1. The Morgan fingerprint density at radius 3 is 2.30 bits per heavy atom. The first kappa shape index (κ1) is 16.9. The van der Waals surface area contributed by atoms with Crippen molar-refractivity contribution in [2.75, 3.05) is 0 Å². The maximum Gasteiger partial charge on any atom is 0.417 e. The summed E-state index contributed by atoms with van der Waals surface area (Å²) in [6, 6.07) is 3.26. The van der Waals surface area contributed by atoms with Crippen LogP contribution in [0.3, 0.4) is 0 Å². The van der Waals surface area contributed by atoms with Crippen LogP contribution in [0.4, 0.5) is 13.2 Å². The first-order valence-corrected chi connectivity index (χ1v) is 7.46. The van der Waals surface area contributed by atoms with Gasteiger partial charge in [0.1, 0.15) is 0 Å². The van der Waals surface area contributed by atoms with Crippen molar-refractivity contribution in [1.82, 2.24) is 4.72 Å². The number of rotatable bonds is 5. The lowest BCUT2D eigenvalue weighted by molar-refractivity contribution is -0.139. The van der Waals surface area contributed by atoms with Gasteiger partial charge >= 0.3 is 6.18 Å². The van der Waals surface area contributed by atoms with E-state index in [1.165, 1.54) is 6.07 Å². The minimum Gasteiger partial charge on any atom is -0.328 e. The summed E-state index contributed by atoms with van der Waals surface area (Å²) in [6.45, 7) is 3.24. The molecular formula is C12H17F3N2O2S. The molecule has 0 fully saturated rings. The number of halogens is 3. The van der Waals surface area contributed by atoms with Gasteiger partial charge in [0.2, 0.25) is 10.0 Å². The third-order valence-corrected chi connectivity index (χ3v) is 4.21. The predicted octanol–water partition coefficient (Wildman–Crippen LogP) is 2.11. The van der Waals surface area contributed by atoms with Gasteiger partial charge in [-0.25, -0.2) is 13.1 Å². The number of nitrogens with one attached hydrogen (secondary N) is 1. The van der Waals surface area contributed by atoms with Crippen molar-refractivity contribution in [3.05, 3.63) is 29.8 Å². The lowest BCUT2D eigenvalue weighted by atomic mass is 10.1. The molecule has 1 aromatic carbocycles. The van der Waals surface area contributed by atoms with Gasteiger partial charge in [0.15, 0.2) is 0 Å². The summed E-state index contributed by atoms with van der Waals surface area (Å²) in [6.07, 6.45) is -4.40. The summed E-state index contributed by atoms with van der Waals surface area (Å²) >= 11 is 0. The Morgan fingerprint density at radius 2 is 1.80 bits per heavy atom. The van der Waals surface area contributed by atoms with Crippen LogP contribution in [0.25, 0.3) is 0 Å². The van der Waals surface area contributed by atoms with Crippen molar-refractivity contribution in [1.29, 1.82) is 0 Å². The molecule has 1 rings (SSSR count). The van der Waals surface area contributed by atoms with Gasteiger partial charge in [-0.3, -0.25) is 0 Å². The number of hydrogen-bond donors (Lipinski definition) is 2. The molecule has 2 atom stereocenters. The molecule has 0 heterocycles. The van der Waals surface area contributed by atoms with Crippen LogP contribution in [0.2, 0.25) is 0 Å². The van der Waals surface area contributed by atoms with Crippen molar-refractivity contribution in [3.63, 3.8) is 0 Å². The molecule has 0 saturated heterocycles. The molecule has 8 heteroatoms. The average Bonchev–Trinajstić information content (AvgIpc) is 2.25. The van der Waals surface area contributed by atoms with Crippen LogP contribution >= 0.6 is 0 Å². The SMILES string of the molecule is CC(N)CC(C)NS(=O)(=O)c1ccccc1C(F)(F)F. The Hall–Kier alpha value is -1.12. The third kappa shape index (κ3) is 4.46. The van der Waals surface area contributed by atoms with E-state index in [9.17, 15) is 21.6 Å². The number of hydrogen-bond acceptors (Lipinski definition) is 3. The molecule has 0 bridgehead atoms. The molecule has 3 N–H and O–H groups in total. The lowest BCUT2D eigenvalue weighted by Crippen LogP contribution is -2.37. The minimum atomic E-state index is -4.73. The fourth-order valence-corrected chi connectivity index (χ4v) is 3.35. The average molecular weight is 310 g/mol. The van der Waals surface area contributed by atoms with E-state index in [2.05, 4.69) is 4.72 Å². The van der Waals surface area contributed by atoms with Crippen molar-refractivity contribution >= 4 is 10.0 Å². The van der Waals surface area contributed by atoms with E-state index in [0.29, 0.717) is 6.42 Å². The monoisotopic (exact) mass is 310 g/mol. The molecular weight excluding hydrogens is 293 g/mol. The van der Waals surface area contributed by atoms with Gasteiger partial charge in [0.25, 0.3) is 0 Å². The second-order valence-corrected chi connectivity index (χ2v) is 6.41. The summed E-state index contributed by atoms with van der Waals surface area (Å²) in [4.78, 5) is -0.774. The van der Waals surface area contributed by atoms with E-state index in [4.69, 9.17) is 5.73 Å². The molecule has 4 nitrogen and oxygen atoms in total. The summed E-state index contributed by atoms with van der Waals surface area (Å²) in [7, 11) is -4.24. The molecule has 20 heavy (non-hydrogen) atoms. The van der Waals surface area contributed by atoms with Crippen LogP contribution < -0.4 is 10.5 Å². The van der Waals surface area contributed by atoms with E-state index in [-0.39, 0.29) is 6.04 Å². The highest BCUT2D eigenvalue weighted by molar-refractivity contribution is 7.89. The Labute approximate surface area is 116 Å². The highest BCUT2D eigenvalue weighted by Gasteiger charge is 2.37. The number of benzene rings is 1. The van der Waals surface area contributed by atoms with Crippen LogP contribution in [0.15, 0.2) is 29.2 Å². The van der Waals surface area contributed by atoms with Gasteiger partial charge in [0.05, 0.1) is 10.5 Å². The molecule has 0 spiro atoms. The van der Waals surface area contributed by atoms with E-state index in [1.54, 1.807) is 13.8 Å². The fraction of sp³-hybridized carbons (Fsp3) is 0.500. The van der Waals surface area contributed by atoms with Gasteiger partial charge in [-0.15, -0.1) is 0 Å². The van der Waals surface area contributed by atoms with E-state index in [0.717, 1.165) is 18.2 Å². The number of sulfonamides is 1. The van der Waals surface area contributed by atoms with Crippen molar-refractivity contribution in [3.8, 4) is 0 Å². The molecule has 0 amide bonds. The summed E-state index contributed by atoms with van der Waals surface area (Å²) in [5, 5.41) is 0. The molecule has 0 aliphatic rings. The highest BCUT2D eigenvalue weighted by Crippen LogP contribution is 2.33. The van der Waals surface area contributed by atoms with Crippen LogP contribution in [0.1, 0.15) is 25.8 Å². The zero-order chi connectivity index (χ0) is 15.6. The molecule has 0 aliphatic heterocycles. The normalized spacial score (nSPS) is 15.9. The van der Waals surface area contributed by atoms with E-state index < -0.39 is 32.7 Å². The van der Waals surface area contributed by atoms with Gasteiger partial charge < -0.3 is 5.73 Å². The molecule has 0 aliphatic carbocycles. The number of nitrogens with two attached hydrogens (primary N) is 1. The maximum absolute atomic E-state index is 12.8. The predicted molar refractivity (Wildman–Crippen MR) is 69.5 cm³/mol. The topological polar surface area (TPSA) is 72.2 Å². The van der Waals surface area contributed by atoms with Crippen LogP contribution in [0.5, 0.6) is 0 Å². The van der Waals surface area contributed by atoms with E-state index in [1.807, 2.05) is 0 Å². The zero-order valence-corrected chi connectivity index (χ0v) is 11.9. The Balaban J connectivity index is 3.11. The van der Waals surface area contributed by atoms with E-state index >= 15 is 0 Å². The fourth-order valence-electron chi connectivity index (χ4n) is 1.87. The van der Waals surface area contributed by atoms with Crippen LogP contribution in [0, 0.1) is 0 Å². The highest BCUT2D eigenvalue weighted by atomic mass is 32.2. The minimum absolute atomic E-state index is 0.259. The van der Waals surface area contributed by atoms with Crippen LogP contribution in [-0.2, 0) is 16.2 Å². The van der Waals surface area contributed by atoms with Gasteiger partial charge in [-0.2, -0.15) is 13.2 Å². The smallest absolute Gasteiger partial charge is 0.328 e. The molecule has 0 radical (unpaired) electrons. The van der Waals surface area contributed by atoms with Crippen LogP contribution in [-0.4, -0.2) is 20.5 Å². The Morgan fingerprint density at radius 1 is 1.25 bits per heavy atom. The molecule has 114 valence electrons. The first-order valence-electron chi connectivity index (χ1n) is 5.98. The summed E-state index contributed by atoms with van der Waals surface area (Å²) in [5.74, 6) is 0. The first-order chi connectivity index (χ1) is 9.04. The third-order valence-electron chi connectivity index (χ3n) is 2.56. The second kappa shape index (κ2) is 6.11. The second-order valence-electron chi connectivity index (χ2n) is 4.73. The van der Waals surface area contributed by atoms with Crippen molar-refractivity contribution in [2.45, 2.75) is 43.4 Å². The Bertz CT molecular complexity index is 556. The van der Waals surface area contributed by atoms with Gasteiger partial charge in [-0.1, -0.05) is 12.1 Å². The standard InChI is InChI=1S/C12H17F3N2O2S/c1-8(16)7-9(2)17-20(18,19)11-6-4-3-5-10(11)12(13,14)15/h3-6,8-9,17H,7,16H2,1-2H3. The molecule has 0 saturated carbocycles. The van der Waals surface area contributed by atoms with Crippen molar-refractivity contribution in [2.24, 2.45) is 5.73 Å². The van der Waals surface area contributed by atoms with Gasteiger partial charge in [-0.05, 0) is 32.4 Å². The largest absolute Gasteiger partial charge is 0.417 e. The maximum atomic E-state index is 12.8. The lowest BCUT2D eigenvalue weighted by Gasteiger charge is -2.18. The Kier molecular flexibility index (Phi) is 5.17. The van der Waals surface area contributed by atoms with Crippen molar-refractivity contribution < 1.29 is 21.6 Å². The summed E-state index contributed by atoms with van der Waals surface area (Å²) in [5.41, 5.74) is 4.36. The number of alkyl halides is 3. The molecule has 2 unspecified atom stereocenters.